The van der Waals surface area contributed by atoms with Crippen molar-refractivity contribution in [3.05, 3.63) is 29.8 Å². The molecular weight excluding hydrogens is 141 g/mol. The molecule has 11 heavy (non-hydrogen) atoms. The van der Waals surface area contributed by atoms with Crippen molar-refractivity contribution in [3.8, 4) is 0 Å². The summed E-state index contributed by atoms with van der Waals surface area (Å²) in [6, 6.07) is 2.87. The van der Waals surface area contributed by atoms with Gasteiger partial charge in [-0.25, -0.2) is 4.39 Å². The van der Waals surface area contributed by atoms with Crippen molar-refractivity contribution in [2.24, 2.45) is 0 Å². The Hall–Kier alpha value is -0.920. The highest BCUT2D eigenvalue weighted by molar-refractivity contribution is 5.05. The molecule has 0 aliphatic carbocycles. The van der Waals surface area contributed by atoms with E-state index in [0.717, 1.165) is 25.0 Å². The summed E-state index contributed by atoms with van der Waals surface area (Å²) in [6.45, 7) is 2.11. The van der Waals surface area contributed by atoms with Crippen LogP contribution in [0.15, 0.2) is 18.3 Å². The summed E-state index contributed by atoms with van der Waals surface area (Å²) in [7, 11) is 0. The minimum Gasteiger partial charge on any atom is -0.261 e. The van der Waals surface area contributed by atoms with Crippen LogP contribution >= 0.6 is 0 Å². The number of aryl methyl sites for hydroxylation is 1. The quantitative estimate of drug-likeness (QED) is 0.650. The molecule has 0 spiro atoms. The van der Waals surface area contributed by atoms with Crippen molar-refractivity contribution >= 4 is 0 Å². The van der Waals surface area contributed by atoms with Crippen molar-refractivity contribution in [1.82, 2.24) is 4.98 Å². The van der Waals surface area contributed by atoms with Gasteiger partial charge in [-0.15, -0.1) is 0 Å². The maximum absolute atomic E-state index is 12.6. The molecule has 0 atom stereocenters. The number of hydrogen-bond acceptors (Lipinski definition) is 1. The molecule has 1 heterocycles. The van der Waals surface area contributed by atoms with Crippen molar-refractivity contribution in [1.29, 1.82) is 0 Å². The molecule has 0 radical (unpaired) electrons. The summed E-state index contributed by atoms with van der Waals surface area (Å²) in [5.74, 6) is -0.189. The van der Waals surface area contributed by atoms with E-state index in [2.05, 4.69) is 11.9 Å². The molecule has 0 fully saturated rings. The Morgan fingerprint density at radius 1 is 1.55 bits per heavy atom. The van der Waals surface area contributed by atoms with Gasteiger partial charge in [0.2, 0.25) is 0 Å². The number of hydrogen-bond donors (Lipinski definition) is 0. The van der Waals surface area contributed by atoms with Gasteiger partial charge in [-0.3, -0.25) is 4.98 Å². The van der Waals surface area contributed by atoms with Gasteiger partial charge in [0.05, 0.1) is 0 Å². The molecule has 0 aliphatic rings. The normalized spacial score (nSPS) is 10.0. The predicted octanol–water partition coefficient (Wildman–Crippen LogP) is 2.56. The van der Waals surface area contributed by atoms with Crippen LogP contribution in [-0.2, 0) is 6.42 Å². The van der Waals surface area contributed by atoms with Crippen LogP contribution in [0.4, 0.5) is 4.39 Å². The van der Waals surface area contributed by atoms with Crippen molar-refractivity contribution in [2.45, 2.75) is 26.2 Å². The topological polar surface area (TPSA) is 12.9 Å². The maximum atomic E-state index is 12.6. The lowest BCUT2D eigenvalue weighted by molar-refractivity contribution is 0.620. The van der Waals surface area contributed by atoms with Crippen LogP contribution in [-0.4, -0.2) is 4.98 Å². The third kappa shape index (κ3) is 2.66. The summed E-state index contributed by atoms with van der Waals surface area (Å²) in [6.07, 6.45) is 4.60. The smallest absolute Gasteiger partial charge is 0.126 e. The first-order valence-corrected chi connectivity index (χ1v) is 3.93. The van der Waals surface area contributed by atoms with Crippen LogP contribution in [0.25, 0.3) is 0 Å². The van der Waals surface area contributed by atoms with Crippen molar-refractivity contribution in [3.63, 3.8) is 0 Å². The van der Waals surface area contributed by atoms with Gasteiger partial charge in [-0.05, 0) is 25.0 Å². The molecule has 1 rings (SSSR count). The molecule has 0 saturated carbocycles. The molecule has 0 aliphatic heterocycles. The fourth-order valence-electron chi connectivity index (χ4n) is 0.943. The van der Waals surface area contributed by atoms with E-state index in [1.54, 1.807) is 0 Å². The van der Waals surface area contributed by atoms with Gasteiger partial charge in [-0.2, -0.15) is 0 Å². The van der Waals surface area contributed by atoms with Gasteiger partial charge in [0.1, 0.15) is 5.82 Å². The van der Waals surface area contributed by atoms with Gasteiger partial charge in [0.15, 0.2) is 0 Å². The fourth-order valence-corrected chi connectivity index (χ4v) is 0.943. The molecule has 0 N–H and O–H groups in total. The number of rotatable bonds is 3. The Morgan fingerprint density at radius 2 is 2.36 bits per heavy atom. The van der Waals surface area contributed by atoms with Crippen molar-refractivity contribution < 1.29 is 4.39 Å². The molecular formula is C9H12FN. The lowest BCUT2D eigenvalue weighted by atomic mass is 10.2. The van der Waals surface area contributed by atoms with E-state index in [1.807, 2.05) is 0 Å². The Labute approximate surface area is 66.3 Å². The number of nitrogens with zero attached hydrogens (tertiary/aromatic N) is 1. The number of unbranched alkanes of at least 4 members (excludes halogenated alkanes) is 1. The zero-order valence-electron chi connectivity index (χ0n) is 6.68. The fraction of sp³-hybridized carbons (Fsp3) is 0.444. The van der Waals surface area contributed by atoms with Gasteiger partial charge in [-0.1, -0.05) is 13.3 Å². The van der Waals surface area contributed by atoms with Crippen molar-refractivity contribution in [2.75, 3.05) is 0 Å². The first kappa shape index (κ1) is 8.18. The first-order chi connectivity index (χ1) is 5.33. The van der Waals surface area contributed by atoms with Crippen LogP contribution in [0.5, 0.6) is 0 Å². The third-order valence-corrected chi connectivity index (χ3v) is 1.57. The molecule has 0 unspecified atom stereocenters. The monoisotopic (exact) mass is 153 g/mol. The molecule has 1 aromatic heterocycles. The summed E-state index contributed by atoms with van der Waals surface area (Å²) in [4.78, 5) is 4.04. The number of pyridine rings is 1. The summed E-state index contributed by atoms with van der Waals surface area (Å²) < 4.78 is 12.6. The van der Waals surface area contributed by atoms with Gasteiger partial charge >= 0.3 is 0 Å². The van der Waals surface area contributed by atoms with Gasteiger partial charge in [0, 0.05) is 11.9 Å². The third-order valence-electron chi connectivity index (χ3n) is 1.57. The summed E-state index contributed by atoms with van der Waals surface area (Å²) in [5, 5.41) is 0. The molecule has 0 amide bonds. The van der Waals surface area contributed by atoms with E-state index in [1.165, 1.54) is 18.3 Å². The Balaban J connectivity index is 2.56. The van der Waals surface area contributed by atoms with E-state index < -0.39 is 0 Å². The second kappa shape index (κ2) is 4.06. The lowest BCUT2D eigenvalue weighted by Gasteiger charge is -1.96. The predicted molar refractivity (Wildman–Crippen MR) is 42.8 cm³/mol. The van der Waals surface area contributed by atoms with Crippen LogP contribution in [0.3, 0.4) is 0 Å². The largest absolute Gasteiger partial charge is 0.261 e. The lowest BCUT2D eigenvalue weighted by Crippen LogP contribution is -1.89. The highest BCUT2D eigenvalue weighted by atomic mass is 19.1. The molecule has 0 saturated heterocycles. The molecule has 2 heteroatoms. The highest BCUT2D eigenvalue weighted by Gasteiger charge is 1.94. The molecule has 1 nitrogen and oxygen atoms in total. The average molecular weight is 153 g/mol. The highest BCUT2D eigenvalue weighted by Crippen LogP contribution is 2.03. The maximum Gasteiger partial charge on any atom is 0.126 e. The van der Waals surface area contributed by atoms with E-state index in [0.29, 0.717) is 0 Å². The number of halogens is 1. The Morgan fingerprint density at radius 3 is 3.00 bits per heavy atom. The van der Waals surface area contributed by atoms with Gasteiger partial charge < -0.3 is 0 Å². The standard InChI is InChI=1S/C9H12FN/c1-2-3-4-9-7-8(10)5-6-11-9/h5-7H,2-4H2,1H3. The Bertz CT molecular complexity index is 223. The van der Waals surface area contributed by atoms with Crippen LogP contribution in [0, 0.1) is 5.82 Å². The Kier molecular flexibility index (Phi) is 3.02. The van der Waals surface area contributed by atoms with Crippen LogP contribution < -0.4 is 0 Å². The SMILES string of the molecule is CCCCc1cc(F)ccn1. The van der Waals surface area contributed by atoms with Crippen LogP contribution in [0.1, 0.15) is 25.5 Å². The minimum absolute atomic E-state index is 0.189. The second-order valence-corrected chi connectivity index (χ2v) is 2.57. The molecule has 0 aromatic carbocycles. The first-order valence-electron chi connectivity index (χ1n) is 3.93. The van der Waals surface area contributed by atoms with E-state index in [4.69, 9.17) is 0 Å². The van der Waals surface area contributed by atoms with E-state index in [-0.39, 0.29) is 5.82 Å². The average Bonchev–Trinajstić information content (AvgIpc) is 2.01. The minimum atomic E-state index is -0.189. The molecule has 0 bridgehead atoms. The molecule has 60 valence electrons. The zero-order chi connectivity index (χ0) is 8.10. The van der Waals surface area contributed by atoms with Gasteiger partial charge in [0.25, 0.3) is 0 Å². The van der Waals surface area contributed by atoms with Crippen LogP contribution in [0.2, 0.25) is 0 Å². The second-order valence-electron chi connectivity index (χ2n) is 2.57. The summed E-state index contributed by atoms with van der Waals surface area (Å²) in [5.41, 5.74) is 0.854. The molecule has 1 aromatic rings. The van der Waals surface area contributed by atoms with E-state index in [9.17, 15) is 4.39 Å². The number of aromatic nitrogens is 1. The zero-order valence-corrected chi connectivity index (χ0v) is 6.68. The van der Waals surface area contributed by atoms with E-state index >= 15 is 0 Å². The summed E-state index contributed by atoms with van der Waals surface area (Å²) >= 11 is 0.